The van der Waals surface area contributed by atoms with Crippen molar-refractivity contribution in [2.24, 2.45) is 0 Å². The minimum atomic E-state index is -0.0975. The number of hydrogen-bond donors (Lipinski definition) is 0. The van der Waals surface area contributed by atoms with E-state index in [1.807, 2.05) is 20.2 Å². The van der Waals surface area contributed by atoms with Crippen molar-refractivity contribution in [1.29, 1.82) is 0 Å². The summed E-state index contributed by atoms with van der Waals surface area (Å²) in [6.45, 7) is 7.04. The fraction of sp³-hybridized carbons (Fsp3) is 0.623. The van der Waals surface area contributed by atoms with Gasteiger partial charge in [-0.15, -0.1) is 0 Å². The standard InChI is InChI=1S/C53H85NO6/c1-5-7-9-11-13-15-17-19-21-23-25-27-29-31-33-39-52(55)59-43-37-35-41-57-50-45-49(48-54(3)4)46-51(47-50)58-42-36-38-44-60-53(56)40-34-32-30-28-26-24-22-20-18-16-14-12-10-8-6-2/h7-10,13-16,19-22,45-47H,5-6,11-12,17-18,23-44,48H2,1-4H3/b9-7-,10-8-,15-13-,16-14-,21-19-,22-20-. The maximum absolute atomic E-state index is 12.2. The van der Waals surface area contributed by atoms with Crippen molar-refractivity contribution >= 4 is 11.9 Å². The summed E-state index contributed by atoms with van der Waals surface area (Å²) in [4.78, 5) is 26.5. The molecule has 60 heavy (non-hydrogen) atoms. The van der Waals surface area contributed by atoms with Gasteiger partial charge in [0.15, 0.2) is 0 Å². The zero-order chi connectivity index (χ0) is 43.4. The zero-order valence-electron chi connectivity index (χ0n) is 38.6. The number of carbonyl (C=O) groups excluding carboxylic acids is 2. The first-order chi connectivity index (χ1) is 29.4. The van der Waals surface area contributed by atoms with Crippen LogP contribution in [0.5, 0.6) is 11.5 Å². The molecular formula is C53H85NO6. The van der Waals surface area contributed by atoms with Crippen LogP contribution in [-0.2, 0) is 25.6 Å². The van der Waals surface area contributed by atoms with Gasteiger partial charge in [-0.2, -0.15) is 0 Å². The Morgan fingerprint density at radius 2 is 0.817 bits per heavy atom. The molecule has 7 heteroatoms. The van der Waals surface area contributed by atoms with Gasteiger partial charge in [0.2, 0.25) is 0 Å². The third kappa shape index (κ3) is 37.2. The van der Waals surface area contributed by atoms with Crippen molar-refractivity contribution in [3.05, 3.63) is 96.7 Å². The van der Waals surface area contributed by atoms with Crippen LogP contribution < -0.4 is 9.47 Å². The molecule has 0 saturated carbocycles. The summed E-state index contributed by atoms with van der Waals surface area (Å²) >= 11 is 0. The average molecular weight is 832 g/mol. The van der Waals surface area contributed by atoms with Crippen LogP contribution in [-0.4, -0.2) is 57.4 Å². The van der Waals surface area contributed by atoms with Crippen molar-refractivity contribution in [2.45, 2.75) is 174 Å². The van der Waals surface area contributed by atoms with Crippen molar-refractivity contribution in [3.63, 3.8) is 0 Å². The van der Waals surface area contributed by atoms with Gasteiger partial charge < -0.3 is 23.8 Å². The molecule has 0 aromatic heterocycles. The third-order valence-corrected chi connectivity index (χ3v) is 9.64. The molecular weight excluding hydrogens is 747 g/mol. The highest BCUT2D eigenvalue weighted by Crippen LogP contribution is 2.24. The highest BCUT2D eigenvalue weighted by Gasteiger charge is 2.07. The second-order valence-electron chi connectivity index (χ2n) is 15.8. The molecule has 7 nitrogen and oxygen atoms in total. The van der Waals surface area contributed by atoms with Crippen LogP contribution in [0.3, 0.4) is 0 Å². The molecule has 0 radical (unpaired) electrons. The van der Waals surface area contributed by atoms with E-state index in [1.54, 1.807) is 0 Å². The Bertz CT molecular complexity index is 1260. The summed E-state index contributed by atoms with van der Waals surface area (Å²) in [7, 11) is 4.08. The van der Waals surface area contributed by atoms with E-state index >= 15 is 0 Å². The van der Waals surface area contributed by atoms with Gasteiger partial charge in [0.05, 0.1) is 26.4 Å². The lowest BCUT2D eigenvalue weighted by Crippen LogP contribution is -2.11. The number of benzene rings is 1. The van der Waals surface area contributed by atoms with Gasteiger partial charge in [0.1, 0.15) is 11.5 Å². The van der Waals surface area contributed by atoms with Gasteiger partial charge >= 0.3 is 11.9 Å². The van der Waals surface area contributed by atoms with E-state index < -0.39 is 0 Å². The Labute approximate surface area is 367 Å². The normalized spacial score (nSPS) is 12.2. The number of esters is 2. The molecule has 0 amide bonds. The van der Waals surface area contributed by atoms with E-state index in [-0.39, 0.29) is 11.9 Å². The summed E-state index contributed by atoms with van der Waals surface area (Å²) in [5, 5.41) is 0. The van der Waals surface area contributed by atoms with E-state index in [1.165, 1.54) is 38.5 Å². The van der Waals surface area contributed by atoms with Gasteiger partial charge in [0.25, 0.3) is 0 Å². The SMILES string of the molecule is CC/C=C\C/C=C\C/C=C\CCCCCCCC(=O)OCCCCOc1cc(CN(C)C)cc(OCCCCOC(=O)CCCCCCC/C=C\C/C=C\C/C=C\CC)c1. The molecule has 0 bridgehead atoms. The topological polar surface area (TPSA) is 74.3 Å². The minimum absolute atomic E-state index is 0.0975. The van der Waals surface area contributed by atoms with E-state index in [2.05, 4.69) is 104 Å². The van der Waals surface area contributed by atoms with Crippen molar-refractivity contribution in [3.8, 4) is 11.5 Å². The first-order valence-electron chi connectivity index (χ1n) is 23.7. The van der Waals surface area contributed by atoms with E-state index in [0.29, 0.717) is 39.3 Å². The minimum Gasteiger partial charge on any atom is -0.493 e. The number of ether oxygens (including phenoxy) is 4. The highest BCUT2D eigenvalue weighted by molar-refractivity contribution is 5.69. The van der Waals surface area contributed by atoms with Crippen LogP contribution in [0.25, 0.3) is 0 Å². The maximum atomic E-state index is 12.2. The molecule has 0 saturated heterocycles. The summed E-state index contributed by atoms with van der Waals surface area (Å²) in [5.41, 5.74) is 1.12. The van der Waals surface area contributed by atoms with Crippen LogP contribution in [0.2, 0.25) is 0 Å². The number of hydrogen-bond acceptors (Lipinski definition) is 7. The van der Waals surface area contributed by atoms with Gasteiger partial charge in [-0.25, -0.2) is 0 Å². The Morgan fingerprint density at radius 3 is 1.23 bits per heavy atom. The van der Waals surface area contributed by atoms with Gasteiger partial charge in [-0.1, -0.05) is 125 Å². The lowest BCUT2D eigenvalue weighted by atomic mass is 10.1. The second-order valence-corrected chi connectivity index (χ2v) is 15.8. The molecule has 0 fully saturated rings. The van der Waals surface area contributed by atoms with Crippen molar-refractivity contribution in [2.75, 3.05) is 40.5 Å². The molecule has 1 aromatic rings. The van der Waals surface area contributed by atoms with E-state index in [0.717, 1.165) is 126 Å². The fourth-order valence-electron chi connectivity index (χ4n) is 6.34. The van der Waals surface area contributed by atoms with Crippen molar-refractivity contribution in [1.82, 2.24) is 4.90 Å². The fourth-order valence-corrected chi connectivity index (χ4v) is 6.34. The molecule has 0 heterocycles. The molecule has 0 aliphatic rings. The Hall–Kier alpha value is -3.84. The lowest BCUT2D eigenvalue weighted by Gasteiger charge is -2.15. The molecule has 0 spiro atoms. The first-order valence-corrected chi connectivity index (χ1v) is 23.7. The number of allylic oxidation sites excluding steroid dienone is 12. The quantitative estimate of drug-likeness (QED) is 0.0370. The number of nitrogens with zero attached hydrogens (tertiary/aromatic N) is 1. The predicted molar refractivity (Wildman–Crippen MR) is 254 cm³/mol. The molecule has 0 unspecified atom stereocenters. The van der Waals surface area contributed by atoms with E-state index in [9.17, 15) is 9.59 Å². The van der Waals surface area contributed by atoms with Gasteiger partial charge in [-0.05, 0) is 135 Å². The third-order valence-electron chi connectivity index (χ3n) is 9.64. The zero-order valence-corrected chi connectivity index (χ0v) is 38.6. The molecule has 0 aliphatic carbocycles. The van der Waals surface area contributed by atoms with Crippen molar-refractivity contribution < 1.29 is 28.5 Å². The second kappa shape index (κ2) is 41.9. The van der Waals surface area contributed by atoms with Gasteiger partial charge in [0, 0.05) is 25.5 Å². The number of rotatable bonds is 40. The van der Waals surface area contributed by atoms with Gasteiger partial charge in [-0.3, -0.25) is 9.59 Å². The average Bonchev–Trinajstić information content (AvgIpc) is 3.23. The van der Waals surface area contributed by atoms with Crippen LogP contribution in [0.4, 0.5) is 0 Å². The molecule has 1 rings (SSSR count). The van der Waals surface area contributed by atoms with Crippen LogP contribution in [0, 0.1) is 0 Å². The molecule has 0 N–H and O–H groups in total. The summed E-state index contributed by atoms with van der Waals surface area (Å²) in [6, 6.07) is 6.05. The first kappa shape index (κ1) is 54.2. The molecule has 338 valence electrons. The summed E-state index contributed by atoms with van der Waals surface area (Å²) < 4.78 is 23.1. The molecule has 0 atom stereocenters. The Kier molecular flexibility index (Phi) is 37.8. The Balaban J connectivity index is 2.11. The largest absolute Gasteiger partial charge is 0.493 e. The smallest absolute Gasteiger partial charge is 0.305 e. The monoisotopic (exact) mass is 832 g/mol. The Morgan fingerprint density at radius 1 is 0.450 bits per heavy atom. The summed E-state index contributed by atoms with van der Waals surface area (Å²) in [6.07, 6.45) is 50.6. The highest BCUT2D eigenvalue weighted by atomic mass is 16.5. The number of unbranched alkanes of at least 4 members (excludes halogenated alkanes) is 12. The van der Waals surface area contributed by atoms with E-state index in [4.69, 9.17) is 18.9 Å². The maximum Gasteiger partial charge on any atom is 0.305 e. The molecule has 1 aromatic carbocycles. The number of carbonyl (C=O) groups is 2. The molecule has 0 aliphatic heterocycles. The summed E-state index contributed by atoms with van der Waals surface area (Å²) in [5.74, 6) is 1.36. The van der Waals surface area contributed by atoms with Crippen LogP contribution in [0.1, 0.15) is 174 Å². The predicted octanol–water partition coefficient (Wildman–Crippen LogP) is 14.3. The van der Waals surface area contributed by atoms with Crippen LogP contribution in [0.15, 0.2) is 91.1 Å². The van der Waals surface area contributed by atoms with Crippen LogP contribution >= 0.6 is 0 Å². The lowest BCUT2D eigenvalue weighted by molar-refractivity contribution is -0.144.